The number of nitrogens with one attached hydrogen (secondary N) is 1. The largest absolute Gasteiger partial charge is 0.493 e. The lowest BCUT2D eigenvalue weighted by atomic mass is 10.2. The molecule has 2 aromatic rings. The Morgan fingerprint density at radius 1 is 1.06 bits per heavy atom. The van der Waals surface area contributed by atoms with Gasteiger partial charge >= 0.3 is 0 Å². The third-order valence-corrected chi connectivity index (χ3v) is 6.73. The molecular weight excluding hydrogens is 416 g/mol. The van der Waals surface area contributed by atoms with Crippen LogP contribution in [0.25, 0.3) is 6.08 Å². The zero-order chi connectivity index (χ0) is 22.9. The number of methoxy groups -OCH3 is 1. The van der Waals surface area contributed by atoms with Gasteiger partial charge in [-0.3, -0.25) is 4.79 Å². The van der Waals surface area contributed by atoms with Gasteiger partial charge in [0.25, 0.3) is 5.91 Å². The van der Waals surface area contributed by atoms with E-state index in [1.165, 1.54) is 4.31 Å². The van der Waals surface area contributed by atoms with E-state index in [0.717, 1.165) is 11.1 Å². The van der Waals surface area contributed by atoms with Crippen LogP contribution in [0.2, 0.25) is 0 Å². The summed E-state index contributed by atoms with van der Waals surface area (Å²) in [4.78, 5) is 12.4. The number of nitrogens with zero attached hydrogens (tertiary/aromatic N) is 1. The van der Waals surface area contributed by atoms with Crippen LogP contribution in [0.1, 0.15) is 31.9 Å². The fraction of sp³-hybridized carbons (Fsp3) is 0.348. The number of sulfonamides is 1. The average molecular weight is 447 g/mol. The summed E-state index contributed by atoms with van der Waals surface area (Å²) < 4.78 is 37.4. The highest BCUT2D eigenvalue weighted by molar-refractivity contribution is 7.89. The second kappa shape index (κ2) is 11.5. The molecule has 0 saturated carbocycles. The summed E-state index contributed by atoms with van der Waals surface area (Å²) in [7, 11) is -1.94. The zero-order valence-electron chi connectivity index (χ0n) is 18.4. The molecule has 31 heavy (non-hydrogen) atoms. The van der Waals surface area contributed by atoms with Gasteiger partial charge in [-0.1, -0.05) is 44.2 Å². The van der Waals surface area contributed by atoms with Crippen molar-refractivity contribution >= 4 is 22.0 Å². The van der Waals surface area contributed by atoms with Gasteiger partial charge in [0.15, 0.2) is 18.1 Å². The van der Waals surface area contributed by atoms with Crippen molar-refractivity contribution in [3.63, 3.8) is 0 Å². The molecule has 1 amide bonds. The van der Waals surface area contributed by atoms with Gasteiger partial charge in [0.2, 0.25) is 10.0 Å². The molecule has 2 aromatic carbocycles. The molecule has 168 valence electrons. The summed E-state index contributed by atoms with van der Waals surface area (Å²) in [5.74, 6) is 0.740. The van der Waals surface area contributed by atoms with Crippen molar-refractivity contribution in [3.8, 4) is 11.5 Å². The Kier molecular flexibility index (Phi) is 9.08. The number of allylic oxidation sites excluding steroid dienone is 1. The molecule has 0 saturated heterocycles. The van der Waals surface area contributed by atoms with E-state index in [4.69, 9.17) is 9.47 Å². The molecule has 0 aromatic heterocycles. The van der Waals surface area contributed by atoms with E-state index in [2.05, 4.69) is 5.32 Å². The van der Waals surface area contributed by atoms with Gasteiger partial charge in [0.05, 0.1) is 12.0 Å². The summed E-state index contributed by atoms with van der Waals surface area (Å²) in [6.07, 6.45) is 3.87. The molecule has 0 spiro atoms. The standard InChI is InChI=1S/C23H30N2O5S/c1-5-8-18-11-14-21(22(15-18)29-4)30-17-23(26)24-16-19-9-12-20(13-10-19)31(27,28)25(6-2)7-3/h5,8-15H,6-7,16-17H2,1-4H3,(H,24,26)/b8-5+. The number of ether oxygens (including phenoxy) is 2. The molecule has 8 heteroatoms. The zero-order valence-corrected chi connectivity index (χ0v) is 19.2. The maximum absolute atomic E-state index is 12.5. The van der Waals surface area contributed by atoms with Gasteiger partial charge < -0.3 is 14.8 Å². The van der Waals surface area contributed by atoms with Crippen molar-refractivity contribution in [2.75, 3.05) is 26.8 Å². The van der Waals surface area contributed by atoms with Crippen LogP contribution in [0.3, 0.4) is 0 Å². The minimum Gasteiger partial charge on any atom is -0.493 e. The summed E-state index contributed by atoms with van der Waals surface area (Å²) in [6.45, 7) is 6.48. The fourth-order valence-corrected chi connectivity index (χ4v) is 4.44. The highest BCUT2D eigenvalue weighted by atomic mass is 32.2. The van der Waals surface area contributed by atoms with Crippen LogP contribution < -0.4 is 14.8 Å². The number of carbonyl (C=O) groups is 1. The number of benzene rings is 2. The molecule has 0 fully saturated rings. The number of carbonyl (C=O) groups excluding carboxylic acids is 1. The third kappa shape index (κ3) is 6.57. The van der Waals surface area contributed by atoms with Crippen LogP contribution in [0, 0.1) is 0 Å². The van der Waals surface area contributed by atoms with Crippen LogP contribution in [-0.4, -0.2) is 45.4 Å². The number of amides is 1. The first-order valence-corrected chi connectivity index (χ1v) is 11.6. The fourth-order valence-electron chi connectivity index (χ4n) is 2.99. The van der Waals surface area contributed by atoms with Crippen LogP contribution in [0.15, 0.2) is 53.4 Å². The molecule has 0 unspecified atom stereocenters. The Morgan fingerprint density at radius 2 is 1.74 bits per heavy atom. The lowest BCUT2D eigenvalue weighted by Gasteiger charge is -2.18. The number of rotatable bonds is 11. The predicted octanol–water partition coefficient (Wildman–Crippen LogP) is 3.45. The number of hydrogen-bond donors (Lipinski definition) is 1. The van der Waals surface area contributed by atoms with E-state index in [0.29, 0.717) is 24.6 Å². The summed E-state index contributed by atoms with van der Waals surface area (Å²) >= 11 is 0. The van der Waals surface area contributed by atoms with Crippen LogP contribution in [-0.2, 0) is 21.4 Å². The predicted molar refractivity (Wildman–Crippen MR) is 122 cm³/mol. The van der Waals surface area contributed by atoms with Crippen molar-refractivity contribution in [2.24, 2.45) is 0 Å². The second-order valence-electron chi connectivity index (χ2n) is 6.71. The van der Waals surface area contributed by atoms with E-state index in [1.807, 2.05) is 31.2 Å². The van der Waals surface area contributed by atoms with Gasteiger partial charge in [-0.25, -0.2) is 8.42 Å². The maximum Gasteiger partial charge on any atom is 0.258 e. The lowest BCUT2D eigenvalue weighted by molar-refractivity contribution is -0.123. The summed E-state index contributed by atoms with van der Waals surface area (Å²) in [5.41, 5.74) is 1.77. The monoisotopic (exact) mass is 446 g/mol. The molecule has 1 N–H and O–H groups in total. The SMILES string of the molecule is C/C=C/c1ccc(OCC(=O)NCc2ccc(S(=O)(=O)N(CC)CC)cc2)c(OC)c1. The van der Waals surface area contributed by atoms with Crippen LogP contribution >= 0.6 is 0 Å². The van der Waals surface area contributed by atoms with Crippen molar-refractivity contribution in [1.29, 1.82) is 0 Å². The molecule has 2 rings (SSSR count). The Labute approximate surface area is 184 Å². The molecule has 0 aliphatic rings. The highest BCUT2D eigenvalue weighted by Gasteiger charge is 2.21. The van der Waals surface area contributed by atoms with Gasteiger partial charge in [-0.05, 0) is 42.3 Å². The quantitative estimate of drug-likeness (QED) is 0.571. The van der Waals surface area contributed by atoms with E-state index in [9.17, 15) is 13.2 Å². The normalized spacial score (nSPS) is 11.6. The van der Waals surface area contributed by atoms with Crippen molar-refractivity contribution in [1.82, 2.24) is 9.62 Å². The lowest BCUT2D eigenvalue weighted by Crippen LogP contribution is -2.30. The van der Waals surface area contributed by atoms with Crippen molar-refractivity contribution < 1.29 is 22.7 Å². The topological polar surface area (TPSA) is 84.9 Å². The van der Waals surface area contributed by atoms with E-state index < -0.39 is 10.0 Å². The molecule has 0 bridgehead atoms. The Balaban J connectivity index is 1.92. The first-order valence-electron chi connectivity index (χ1n) is 10.1. The van der Waals surface area contributed by atoms with Crippen molar-refractivity contribution in [3.05, 3.63) is 59.7 Å². The molecule has 0 radical (unpaired) electrons. The first kappa shape index (κ1) is 24.4. The van der Waals surface area contributed by atoms with Crippen LogP contribution in [0.4, 0.5) is 0 Å². The Morgan fingerprint density at radius 3 is 2.32 bits per heavy atom. The summed E-state index contributed by atoms with van der Waals surface area (Å²) in [6, 6.07) is 12.0. The second-order valence-corrected chi connectivity index (χ2v) is 8.65. The summed E-state index contributed by atoms with van der Waals surface area (Å²) in [5, 5.41) is 2.77. The molecular formula is C23H30N2O5S. The third-order valence-electron chi connectivity index (χ3n) is 4.66. The molecule has 7 nitrogen and oxygen atoms in total. The molecule has 0 aliphatic heterocycles. The van der Waals surface area contributed by atoms with Crippen LogP contribution in [0.5, 0.6) is 11.5 Å². The number of hydrogen-bond acceptors (Lipinski definition) is 5. The van der Waals surface area contributed by atoms with Gasteiger partial charge in [-0.15, -0.1) is 0 Å². The Bertz CT molecular complexity index is 997. The highest BCUT2D eigenvalue weighted by Crippen LogP contribution is 2.28. The van der Waals surface area contributed by atoms with Gasteiger partial charge in [0, 0.05) is 19.6 Å². The minimum absolute atomic E-state index is 0.159. The van der Waals surface area contributed by atoms with E-state index in [-0.39, 0.29) is 24.0 Å². The Hall–Kier alpha value is -2.84. The smallest absolute Gasteiger partial charge is 0.258 e. The van der Waals surface area contributed by atoms with E-state index >= 15 is 0 Å². The van der Waals surface area contributed by atoms with Crippen molar-refractivity contribution in [2.45, 2.75) is 32.2 Å². The molecule has 0 heterocycles. The van der Waals surface area contributed by atoms with Gasteiger partial charge in [-0.2, -0.15) is 4.31 Å². The molecule has 0 aliphatic carbocycles. The molecule has 0 atom stereocenters. The van der Waals surface area contributed by atoms with E-state index in [1.54, 1.807) is 51.3 Å². The first-order chi connectivity index (χ1) is 14.8. The maximum atomic E-state index is 12.5. The average Bonchev–Trinajstić information content (AvgIpc) is 2.77. The van der Waals surface area contributed by atoms with Gasteiger partial charge in [0.1, 0.15) is 0 Å². The minimum atomic E-state index is -3.49.